The zero-order chi connectivity index (χ0) is 15.5. The Kier molecular flexibility index (Phi) is 3.87. The minimum atomic E-state index is -0.548. The number of carbonyl (C=O) groups is 1. The maximum absolute atomic E-state index is 13.8. The highest BCUT2D eigenvalue weighted by Crippen LogP contribution is 2.28. The molecule has 0 amide bonds. The highest BCUT2D eigenvalue weighted by atomic mass is 19.1. The van der Waals surface area contributed by atoms with Gasteiger partial charge in [-0.15, -0.1) is 0 Å². The van der Waals surface area contributed by atoms with Crippen molar-refractivity contribution in [1.29, 1.82) is 0 Å². The van der Waals surface area contributed by atoms with Crippen molar-refractivity contribution in [3.63, 3.8) is 0 Å². The van der Waals surface area contributed by atoms with Gasteiger partial charge in [0.2, 0.25) is 0 Å². The average Bonchev–Trinajstić information content (AvgIpc) is 2.88. The van der Waals surface area contributed by atoms with E-state index in [0.29, 0.717) is 12.0 Å². The summed E-state index contributed by atoms with van der Waals surface area (Å²) in [5.74, 6) is -0.830. The lowest BCUT2D eigenvalue weighted by molar-refractivity contribution is -0.104. The van der Waals surface area contributed by atoms with Gasteiger partial charge in [0.25, 0.3) is 0 Å². The second-order valence-electron chi connectivity index (χ2n) is 4.93. The first kappa shape index (κ1) is 14.3. The van der Waals surface area contributed by atoms with Crippen molar-refractivity contribution < 1.29 is 18.3 Å². The third-order valence-corrected chi connectivity index (χ3v) is 3.43. The molecule has 1 heterocycles. The quantitative estimate of drug-likeness (QED) is 0.871. The maximum atomic E-state index is 13.8. The molecule has 0 fully saturated rings. The lowest BCUT2D eigenvalue weighted by atomic mass is 10.1. The lowest BCUT2D eigenvalue weighted by Crippen LogP contribution is -2.23. The van der Waals surface area contributed by atoms with Gasteiger partial charge in [0.1, 0.15) is 23.7 Å². The Morgan fingerprint density at radius 3 is 2.95 bits per heavy atom. The number of ether oxygens (including phenoxy) is 1. The van der Waals surface area contributed by atoms with E-state index in [0.717, 1.165) is 30.1 Å². The fourth-order valence-corrected chi connectivity index (χ4v) is 2.29. The molecule has 1 N–H and O–H groups in total. The van der Waals surface area contributed by atoms with Crippen molar-refractivity contribution in [3.8, 4) is 0 Å². The Balaban J connectivity index is 1.78. The Hall–Kier alpha value is -2.69. The van der Waals surface area contributed by atoms with E-state index < -0.39 is 17.9 Å². The van der Waals surface area contributed by atoms with Crippen LogP contribution in [-0.2, 0) is 9.53 Å². The second kappa shape index (κ2) is 5.97. The molecule has 0 bridgehead atoms. The van der Waals surface area contributed by atoms with E-state index in [1.165, 1.54) is 6.20 Å². The summed E-state index contributed by atoms with van der Waals surface area (Å²) in [5.41, 5.74) is 1.53. The Bertz CT molecular complexity index is 732. The number of hydrogen-bond donors (Lipinski definition) is 1. The fraction of sp³-hybridized carbons (Fsp3) is 0.118. The van der Waals surface area contributed by atoms with Crippen LogP contribution in [-0.4, -0.2) is 12.5 Å². The number of hydrogen-bond acceptors (Lipinski definition) is 3. The van der Waals surface area contributed by atoms with Gasteiger partial charge in [-0.1, -0.05) is 24.3 Å². The molecule has 1 aliphatic heterocycles. The predicted octanol–water partition coefficient (Wildman–Crippen LogP) is 3.22. The predicted molar refractivity (Wildman–Crippen MR) is 78.3 cm³/mol. The summed E-state index contributed by atoms with van der Waals surface area (Å²) in [7, 11) is 0. The molecule has 3 rings (SSSR count). The first-order valence-electron chi connectivity index (χ1n) is 6.78. The van der Waals surface area contributed by atoms with Gasteiger partial charge in [0.05, 0.1) is 5.56 Å². The van der Waals surface area contributed by atoms with Gasteiger partial charge < -0.3 is 10.1 Å². The van der Waals surface area contributed by atoms with Crippen LogP contribution in [0.5, 0.6) is 0 Å². The molecule has 0 saturated heterocycles. The number of rotatable bonds is 3. The van der Waals surface area contributed by atoms with Gasteiger partial charge in [-0.2, -0.15) is 0 Å². The van der Waals surface area contributed by atoms with Crippen LogP contribution in [0.1, 0.15) is 12.0 Å². The van der Waals surface area contributed by atoms with Crippen molar-refractivity contribution in [2.45, 2.75) is 12.6 Å². The standard InChI is InChI=1S/C17H13F2NO2/c18-13-6-7-15(19)14(8-13)16-9-20-17(22-16)12-3-1-2-11(10-21)4-5-12/h1-2,4-10,17,20H,3H2. The third-order valence-electron chi connectivity index (χ3n) is 3.43. The highest BCUT2D eigenvalue weighted by molar-refractivity contribution is 5.78. The topological polar surface area (TPSA) is 38.3 Å². The van der Waals surface area contributed by atoms with Crippen molar-refractivity contribution in [3.05, 3.63) is 77.0 Å². The van der Waals surface area contributed by atoms with Crippen LogP contribution in [0.25, 0.3) is 5.76 Å². The van der Waals surface area contributed by atoms with Gasteiger partial charge in [0.15, 0.2) is 6.23 Å². The Labute approximate surface area is 126 Å². The molecule has 1 aliphatic carbocycles. The minimum absolute atomic E-state index is 0.0730. The molecule has 112 valence electrons. The van der Waals surface area contributed by atoms with Crippen molar-refractivity contribution in [2.24, 2.45) is 0 Å². The van der Waals surface area contributed by atoms with Gasteiger partial charge in [-0.25, -0.2) is 8.78 Å². The maximum Gasteiger partial charge on any atom is 0.192 e. The highest BCUT2D eigenvalue weighted by Gasteiger charge is 2.24. The van der Waals surface area contributed by atoms with Crippen LogP contribution in [0.4, 0.5) is 8.78 Å². The molecular weight excluding hydrogens is 288 g/mol. The average molecular weight is 301 g/mol. The number of benzene rings is 1. The number of nitrogens with one attached hydrogen (secondary N) is 1. The normalized spacial score (nSPS) is 20.3. The molecule has 0 aromatic heterocycles. The molecular formula is C17H13F2NO2. The number of halogens is 2. The Morgan fingerprint density at radius 1 is 1.27 bits per heavy atom. The van der Waals surface area contributed by atoms with E-state index in [2.05, 4.69) is 5.32 Å². The number of allylic oxidation sites excluding steroid dienone is 5. The molecule has 2 aliphatic rings. The SMILES string of the molecule is O=CC1=CC=C(C2NC=C(c3cc(F)ccc3F)O2)CC=C1. The summed E-state index contributed by atoms with van der Waals surface area (Å²) >= 11 is 0. The van der Waals surface area contributed by atoms with Gasteiger partial charge in [-0.05, 0) is 30.2 Å². The van der Waals surface area contributed by atoms with E-state index in [-0.39, 0.29) is 11.3 Å². The summed E-state index contributed by atoms with van der Waals surface area (Å²) in [4.78, 5) is 10.8. The van der Waals surface area contributed by atoms with Crippen LogP contribution < -0.4 is 5.32 Å². The zero-order valence-electron chi connectivity index (χ0n) is 11.6. The van der Waals surface area contributed by atoms with Crippen LogP contribution in [0.3, 0.4) is 0 Å². The van der Waals surface area contributed by atoms with Crippen LogP contribution >= 0.6 is 0 Å². The molecule has 1 atom stereocenters. The minimum Gasteiger partial charge on any atom is -0.465 e. The van der Waals surface area contributed by atoms with Crippen LogP contribution in [0, 0.1) is 11.6 Å². The second-order valence-corrected chi connectivity index (χ2v) is 4.93. The summed E-state index contributed by atoms with van der Waals surface area (Å²) in [6, 6.07) is 3.22. The molecule has 5 heteroatoms. The van der Waals surface area contributed by atoms with E-state index in [1.54, 1.807) is 18.2 Å². The molecule has 0 saturated carbocycles. The van der Waals surface area contributed by atoms with Gasteiger partial charge >= 0.3 is 0 Å². The fourth-order valence-electron chi connectivity index (χ4n) is 2.29. The van der Waals surface area contributed by atoms with Crippen LogP contribution in [0.15, 0.2) is 59.8 Å². The first-order valence-corrected chi connectivity index (χ1v) is 6.78. The molecule has 1 aromatic carbocycles. The summed E-state index contributed by atoms with van der Waals surface area (Å²) < 4.78 is 32.7. The summed E-state index contributed by atoms with van der Waals surface area (Å²) in [6.07, 6.45) is 9.48. The summed E-state index contributed by atoms with van der Waals surface area (Å²) in [5, 5.41) is 2.99. The summed E-state index contributed by atoms with van der Waals surface area (Å²) in [6.45, 7) is 0. The molecule has 0 spiro atoms. The van der Waals surface area contributed by atoms with Gasteiger partial charge in [0, 0.05) is 11.8 Å². The molecule has 22 heavy (non-hydrogen) atoms. The van der Waals surface area contributed by atoms with E-state index in [4.69, 9.17) is 4.74 Å². The molecule has 1 unspecified atom stereocenters. The van der Waals surface area contributed by atoms with Gasteiger partial charge in [-0.3, -0.25) is 4.79 Å². The van der Waals surface area contributed by atoms with E-state index >= 15 is 0 Å². The Morgan fingerprint density at radius 2 is 2.14 bits per heavy atom. The molecule has 3 nitrogen and oxygen atoms in total. The van der Waals surface area contributed by atoms with Crippen molar-refractivity contribution >= 4 is 12.0 Å². The molecule has 0 radical (unpaired) electrons. The van der Waals surface area contributed by atoms with Crippen LogP contribution in [0.2, 0.25) is 0 Å². The zero-order valence-corrected chi connectivity index (χ0v) is 11.6. The smallest absolute Gasteiger partial charge is 0.192 e. The number of aldehydes is 1. The van der Waals surface area contributed by atoms with E-state index in [9.17, 15) is 13.6 Å². The van der Waals surface area contributed by atoms with Crippen molar-refractivity contribution in [1.82, 2.24) is 5.32 Å². The third kappa shape index (κ3) is 2.83. The lowest BCUT2D eigenvalue weighted by Gasteiger charge is -2.16. The van der Waals surface area contributed by atoms with Crippen molar-refractivity contribution in [2.75, 3.05) is 0 Å². The van der Waals surface area contributed by atoms with E-state index in [1.807, 2.05) is 6.08 Å². The number of carbonyl (C=O) groups excluding carboxylic acids is 1. The first-order chi connectivity index (χ1) is 10.7. The largest absolute Gasteiger partial charge is 0.465 e. The monoisotopic (exact) mass is 301 g/mol. The molecule has 1 aromatic rings.